The van der Waals surface area contributed by atoms with Gasteiger partial charge in [0.25, 0.3) is 5.60 Å². The molecular formula is C23H22F7NO4S. The SMILES string of the molecule is CC(=O)N[C@H]1CC[C@@](c2ccc(C(O)(C(F)(F)F)C(F)(F)F)cc2)(S(=O)(=O)c2ccc(F)cc2)CC1. The number of aliphatic hydroxyl groups is 1. The number of benzene rings is 2. The second-order valence-electron chi connectivity index (χ2n) is 8.71. The molecule has 2 N–H and O–H groups in total. The number of carbonyl (C=O) groups is 1. The minimum absolute atomic E-state index is 0.0939. The maximum atomic E-state index is 13.7. The Kier molecular flexibility index (Phi) is 7.23. The lowest BCUT2D eigenvalue weighted by Crippen LogP contribution is -2.54. The molecule has 0 aromatic heterocycles. The maximum absolute atomic E-state index is 13.7. The highest BCUT2D eigenvalue weighted by Gasteiger charge is 2.71. The van der Waals surface area contributed by atoms with Gasteiger partial charge in [-0.1, -0.05) is 24.3 Å². The van der Waals surface area contributed by atoms with Gasteiger partial charge in [-0.15, -0.1) is 0 Å². The van der Waals surface area contributed by atoms with Crippen molar-refractivity contribution in [2.24, 2.45) is 0 Å². The Bertz CT molecular complexity index is 1190. The van der Waals surface area contributed by atoms with Crippen LogP contribution in [-0.2, 0) is 25.0 Å². The van der Waals surface area contributed by atoms with Crippen LogP contribution in [0.1, 0.15) is 43.7 Å². The van der Waals surface area contributed by atoms with Crippen molar-refractivity contribution in [1.29, 1.82) is 0 Å². The fourth-order valence-electron chi connectivity index (χ4n) is 4.57. The molecule has 0 saturated heterocycles. The zero-order valence-electron chi connectivity index (χ0n) is 18.8. The van der Waals surface area contributed by atoms with Crippen LogP contribution in [0, 0.1) is 5.82 Å². The van der Waals surface area contributed by atoms with Crippen LogP contribution in [0.25, 0.3) is 0 Å². The molecule has 36 heavy (non-hydrogen) atoms. The standard InChI is InChI=1S/C23H22F7NO4S/c1-14(32)31-18-10-12-20(13-11-18,36(34,35)19-8-6-17(24)7-9-19)15-2-4-16(5-3-15)21(33,22(25,26)27)23(28,29)30/h2-9,18,33H,10-13H2,1H3,(H,31,32)/t18-,20+. The van der Waals surface area contributed by atoms with Gasteiger partial charge in [0.1, 0.15) is 10.6 Å². The lowest BCUT2D eigenvalue weighted by atomic mass is 9.79. The second kappa shape index (κ2) is 9.33. The van der Waals surface area contributed by atoms with Crippen molar-refractivity contribution in [3.63, 3.8) is 0 Å². The van der Waals surface area contributed by atoms with Crippen LogP contribution in [0.2, 0.25) is 0 Å². The zero-order valence-corrected chi connectivity index (χ0v) is 19.6. The second-order valence-corrected chi connectivity index (χ2v) is 11.0. The fourth-order valence-corrected chi connectivity index (χ4v) is 6.74. The van der Waals surface area contributed by atoms with Gasteiger partial charge in [-0.2, -0.15) is 26.3 Å². The van der Waals surface area contributed by atoms with Crippen molar-refractivity contribution in [2.45, 2.75) is 66.2 Å². The van der Waals surface area contributed by atoms with Gasteiger partial charge in [0.15, 0.2) is 9.84 Å². The van der Waals surface area contributed by atoms with Gasteiger partial charge in [-0.3, -0.25) is 4.79 Å². The van der Waals surface area contributed by atoms with Gasteiger partial charge >= 0.3 is 12.4 Å². The van der Waals surface area contributed by atoms with E-state index >= 15 is 0 Å². The molecule has 2 aromatic carbocycles. The predicted molar refractivity (Wildman–Crippen MR) is 114 cm³/mol. The molecule has 1 fully saturated rings. The summed E-state index contributed by atoms with van der Waals surface area (Å²) >= 11 is 0. The summed E-state index contributed by atoms with van der Waals surface area (Å²) in [6, 6.07) is 5.92. The quantitative estimate of drug-likeness (QED) is 0.418. The molecule has 0 bridgehead atoms. The van der Waals surface area contributed by atoms with E-state index in [4.69, 9.17) is 0 Å². The minimum atomic E-state index is -6.10. The van der Waals surface area contributed by atoms with E-state index < -0.39 is 43.9 Å². The monoisotopic (exact) mass is 541 g/mol. The number of carbonyl (C=O) groups excluding carboxylic acids is 1. The van der Waals surface area contributed by atoms with Crippen molar-refractivity contribution in [1.82, 2.24) is 5.32 Å². The summed E-state index contributed by atoms with van der Waals surface area (Å²) in [4.78, 5) is 11.1. The highest BCUT2D eigenvalue weighted by Crippen LogP contribution is 2.51. The number of alkyl halides is 6. The molecule has 198 valence electrons. The van der Waals surface area contributed by atoms with E-state index in [1.54, 1.807) is 0 Å². The summed E-state index contributed by atoms with van der Waals surface area (Å²) in [5.74, 6) is -1.06. The highest BCUT2D eigenvalue weighted by atomic mass is 32.2. The summed E-state index contributed by atoms with van der Waals surface area (Å²) < 4.78 is 119. The molecule has 3 rings (SSSR count). The molecule has 1 saturated carbocycles. The van der Waals surface area contributed by atoms with E-state index in [1.807, 2.05) is 0 Å². The Labute approximate surface area is 202 Å². The number of halogens is 7. The summed E-state index contributed by atoms with van der Waals surface area (Å²) in [5, 5.41) is 12.3. The van der Waals surface area contributed by atoms with E-state index in [0.29, 0.717) is 12.1 Å². The van der Waals surface area contributed by atoms with Crippen LogP contribution in [0.3, 0.4) is 0 Å². The first kappa shape index (κ1) is 27.9. The number of amides is 1. The molecule has 5 nitrogen and oxygen atoms in total. The van der Waals surface area contributed by atoms with Crippen LogP contribution in [-0.4, -0.2) is 37.8 Å². The summed E-state index contributed by atoms with van der Waals surface area (Å²) in [6.45, 7) is 1.28. The average molecular weight is 541 g/mol. The highest BCUT2D eigenvalue weighted by molar-refractivity contribution is 7.92. The molecule has 2 aromatic rings. The van der Waals surface area contributed by atoms with Crippen molar-refractivity contribution in [3.8, 4) is 0 Å². The van der Waals surface area contributed by atoms with E-state index in [9.17, 15) is 49.1 Å². The number of rotatable bonds is 5. The lowest BCUT2D eigenvalue weighted by molar-refractivity contribution is -0.376. The molecule has 1 amide bonds. The van der Waals surface area contributed by atoms with Gasteiger partial charge in [-0.25, -0.2) is 12.8 Å². The largest absolute Gasteiger partial charge is 0.430 e. The Morgan fingerprint density at radius 2 is 1.39 bits per heavy atom. The first-order valence-electron chi connectivity index (χ1n) is 10.7. The molecule has 1 aliphatic rings. The van der Waals surface area contributed by atoms with E-state index in [-0.39, 0.29) is 48.1 Å². The number of sulfone groups is 1. The summed E-state index contributed by atoms with van der Waals surface area (Å²) in [5.41, 5.74) is -6.78. The van der Waals surface area contributed by atoms with Gasteiger partial charge in [0, 0.05) is 18.5 Å². The average Bonchev–Trinajstić information content (AvgIpc) is 2.77. The van der Waals surface area contributed by atoms with E-state index in [2.05, 4.69) is 5.32 Å². The smallest absolute Gasteiger partial charge is 0.369 e. The molecule has 0 aliphatic heterocycles. The topological polar surface area (TPSA) is 83.5 Å². The lowest BCUT2D eigenvalue weighted by Gasteiger charge is -2.40. The van der Waals surface area contributed by atoms with Gasteiger partial charge in [0.05, 0.1) is 4.90 Å². The van der Waals surface area contributed by atoms with E-state index in [1.165, 1.54) is 6.92 Å². The van der Waals surface area contributed by atoms with Gasteiger partial charge in [-0.05, 0) is 55.5 Å². The first-order valence-corrected chi connectivity index (χ1v) is 12.2. The van der Waals surface area contributed by atoms with E-state index in [0.717, 1.165) is 36.4 Å². The van der Waals surface area contributed by atoms with Crippen molar-refractivity contribution < 1.29 is 49.1 Å². The molecule has 0 radical (unpaired) electrons. The van der Waals surface area contributed by atoms with Crippen LogP contribution < -0.4 is 5.32 Å². The number of nitrogens with one attached hydrogen (secondary N) is 1. The Morgan fingerprint density at radius 1 is 0.917 bits per heavy atom. The van der Waals surface area contributed by atoms with Gasteiger partial charge < -0.3 is 10.4 Å². The number of hydrogen-bond acceptors (Lipinski definition) is 4. The maximum Gasteiger partial charge on any atom is 0.430 e. The molecule has 13 heteroatoms. The van der Waals surface area contributed by atoms with Crippen molar-refractivity contribution in [3.05, 3.63) is 65.5 Å². The summed E-state index contributed by atoms with van der Waals surface area (Å²) in [6.07, 6.45) is -12.1. The molecule has 0 unspecified atom stereocenters. The Balaban J connectivity index is 2.13. The van der Waals surface area contributed by atoms with Gasteiger partial charge in [0.2, 0.25) is 5.91 Å². The summed E-state index contributed by atoms with van der Waals surface area (Å²) in [7, 11) is -4.34. The van der Waals surface area contributed by atoms with Crippen LogP contribution in [0.5, 0.6) is 0 Å². The molecule has 0 spiro atoms. The van der Waals surface area contributed by atoms with Crippen molar-refractivity contribution >= 4 is 15.7 Å². The van der Waals surface area contributed by atoms with Crippen LogP contribution in [0.4, 0.5) is 30.7 Å². The molecule has 0 atom stereocenters. The molecular weight excluding hydrogens is 519 g/mol. The first-order chi connectivity index (χ1) is 16.5. The third-order valence-electron chi connectivity index (χ3n) is 6.49. The third kappa shape index (κ3) is 4.70. The Hall–Kier alpha value is -2.67. The fraction of sp³-hybridized carbons (Fsp3) is 0.435. The third-order valence-corrected chi connectivity index (χ3v) is 9.05. The molecule has 1 aliphatic carbocycles. The number of hydrogen-bond donors (Lipinski definition) is 2. The van der Waals surface area contributed by atoms with Crippen LogP contribution >= 0.6 is 0 Å². The van der Waals surface area contributed by atoms with Crippen LogP contribution in [0.15, 0.2) is 53.4 Å². The van der Waals surface area contributed by atoms with Crippen molar-refractivity contribution in [2.75, 3.05) is 0 Å². The minimum Gasteiger partial charge on any atom is -0.369 e. The normalized spacial score (nSPS) is 21.8. The molecule has 0 heterocycles. The Morgan fingerprint density at radius 3 is 1.81 bits per heavy atom. The predicted octanol–water partition coefficient (Wildman–Crippen LogP) is 4.89. The zero-order chi connectivity index (χ0) is 27.2.